The maximum Gasteiger partial charge on any atom is 0.146 e. The number of ketones is 1. The van der Waals surface area contributed by atoms with Crippen LogP contribution in [-0.4, -0.2) is 17.9 Å². The van der Waals surface area contributed by atoms with E-state index in [0.717, 1.165) is 24.8 Å². The number of hydrogen-bond donors (Lipinski definition) is 0. The zero-order chi connectivity index (χ0) is 12.7. The lowest BCUT2D eigenvalue weighted by molar-refractivity contribution is -0.121. The van der Waals surface area contributed by atoms with E-state index < -0.39 is 0 Å². The van der Waals surface area contributed by atoms with E-state index in [0.29, 0.717) is 24.3 Å². The molecular weight excluding hydrogens is 229 g/mol. The average molecular weight is 247 g/mol. The van der Waals surface area contributed by atoms with Gasteiger partial charge in [-0.15, -0.1) is 0 Å². The molecule has 18 heavy (non-hydrogen) atoms. The van der Waals surface area contributed by atoms with Gasteiger partial charge in [-0.2, -0.15) is 0 Å². The molecule has 0 spiro atoms. The lowest BCUT2D eigenvalue weighted by Crippen LogP contribution is -2.52. The number of rotatable bonds is 1. The number of carbonyl (C=O) groups excluding carboxylic acids is 1. The zero-order valence-electron chi connectivity index (χ0n) is 10.7. The van der Waals surface area contributed by atoms with Gasteiger partial charge in [0.1, 0.15) is 11.6 Å². The van der Waals surface area contributed by atoms with Crippen LogP contribution in [0.25, 0.3) is 0 Å². The molecule has 0 amide bonds. The van der Waals surface area contributed by atoms with Crippen LogP contribution in [0, 0.1) is 12.7 Å². The standard InChI is InChI=1S/C15H18FNO/c1-10-5-6-15(14(16)7-10)17-11-3-2-4-12(17)9-13(18)8-11/h5-7,11-12H,2-4,8-9H2,1H3. The number of carbonyl (C=O) groups is 1. The summed E-state index contributed by atoms with van der Waals surface area (Å²) in [5.41, 5.74) is 1.62. The topological polar surface area (TPSA) is 20.3 Å². The second-order valence-electron chi connectivity index (χ2n) is 5.55. The second kappa shape index (κ2) is 4.38. The van der Waals surface area contributed by atoms with Crippen LogP contribution < -0.4 is 4.90 Å². The molecule has 1 aromatic rings. The molecule has 2 bridgehead atoms. The summed E-state index contributed by atoms with van der Waals surface area (Å²) in [6, 6.07) is 5.82. The molecule has 2 saturated heterocycles. The molecule has 2 unspecified atom stereocenters. The summed E-state index contributed by atoms with van der Waals surface area (Å²) >= 11 is 0. The minimum absolute atomic E-state index is 0.152. The van der Waals surface area contributed by atoms with E-state index in [2.05, 4.69) is 4.90 Å². The third kappa shape index (κ3) is 1.92. The Kier molecular flexibility index (Phi) is 2.84. The van der Waals surface area contributed by atoms with Crippen molar-refractivity contribution in [2.45, 2.75) is 51.1 Å². The van der Waals surface area contributed by atoms with Crippen molar-refractivity contribution in [2.75, 3.05) is 4.90 Å². The van der Waals surface area contributed by atoms with Crippen molar-refractivity contribution in [2.24, 2.45) is 0 Å². The Labute approximate surface area is 107 Å². The fourth-order valence-corrected chi connectivity index (χ4v) is 3.39. The largest absolute Gasteiger partial charge is 0.362 e. The Balaban J connectivity index is 1.97. The van der Waals surface area contributed by atoms with Crippen molar-refractivity contribution < 1.29 is 9.18 Å². The normalized spacial score (nSPS) is 27.4. The summed E-state index contributed by atoms with van der Waals surface area (Å²) in [5.74, 6) is 0.190. The van der Waals surface area contributed by atoms with E-state index in [4.69, 9.17) is 0 Å². The van der Waals surface area contributed by atoms with Crippen LogP contribution in [0.4, 0.5) is 10.1 Å². The predicted molar refractivity (Wildman–Crippen MR) is 69.3 cm³/mol. The molecule has 0 aliphatic carbocycles. The first-order valence-electron chi connectivity index (χ1n) is 6.71. The van der Waals surface area contributed by atoms with E-state index in [-0.39, 0.29) is 17.9 Å². The Bertz CT molecular complexity index is 469. The summed E-state index contributed by atoms with van der Waals surface area (Å²) in [4.78, 5) is 13.8. The van der Waals surface area contributed by atoms with E-state index in [1.54, 1.807) is 6.07 Å². The molecule has 0 N–H and O–H groups in total. The minimum Gasteiger partial charge on any atom is -0.362 e. The Morgan fingerprint density at radius 2 is 1.89 bits per heavy atom. The highest BCUT2D eigenvalue weighted by atomic mass is 19.1. The number of fused-ring (bicyclic) bond motifs is 2. The number of benzene rings is 1. The predicted octanol–water partition coefficient (Wildman–Crippen LogP) is 3.22. The van der Waals surface area contributed by atoms with Crippen molar-refractivity contribution in [3.05, 3.63) is 29.6 Å². The van der Waals surface area contributed by atoms with Crippen LogP contribution in [0.15, 0.2) is 18.2 Å². The molecule has 3 rings (SSSR count). The van der Waals surface area contributed by atoms with Gasteiger partial charge >= 0.3 is 0 Å². The van der Waals surface area contributed by atoms with Gasteiger partial charge in [0.2, 0.25) is 0 Å². The van der Waals surface area contributed by atoms with Crippen LogP contribution in [0.5, 0.6) is 0 Å². The Morgan fingerprint density at radius 3 is 2.50 bits per heavy atom. The maximum absolute atomic E-state index is 14.1. The fraction of sp³-hybridized carbons (Fsp3) is 0.533. The summed E-state index contributed by atoms with van der Waals surface area (Å²) in [7, 11) is 0. The first-order valence-corrected chi connectivity index (χ1v) is 6.71. The van der Waals surface area contributed by atoms with Crippen molar-refractivity contribution in [3.63, 3.8) is 0 Å². The molecule has 0 radical (unpaired) electrons. The quantitative estimate of drug-likeness (QED) is 0.759. The molecule has 3 heteroatoms. The monoisotopic (exact) mass is 247 g/mol. The third-order valence-corrected chi connectivity index (χ3v) is 4.17. The van der Waals surface area contributed by atoms with Crippen molar-refractivity contribution >= 4 is 11.5 Å². The Hall–Kier alpha value is -1.38. The van der Waals surface area contributed by atoms with E-state index in [1.165, 1.54) is 0 Å². The highest BCUT2D eigenvalue weighted by molar-refractivity contribution is 5.82. The van der Waals surface area contributed by atoms with Crippen LogP contribution in [0.1, 0.15) is 37.7 Å². The summed E-state index contributed by atoms with van der Waals surface area (Å²) in [6.07, 6.45) is 4.35. The molecule has 2 atom stereocenters. The molecular formula is C15H18FNO. The molecule has 0 aromatic heterocycles. The van der Waals surface area contributed by atoms with E-state index in [1.807, 2.05) is 19.1 Å². The summed E-state index contributed by atoms with van der Waals surface area (Å²) in [6.45, 7) is 1.90. The number of Topliss-reactive ketones (excluding diaryl/α,β-unsaturated/α-hetero) is 1. The number of piperidine rings is 2. The smallest absolute Gasteiger partial charge is 0.146 e. The third-order valence-electron chi connectivity index (χ3n) is 4.17. The molecule has 96 valence electrons. The van der Waals surface area contributed by atoms with Gasteiger partial charge in [-0.3, -0.25) is 4.79 Å². The first-order chi connectivity index (χ1) is 8.65. The summed E-state index contributed by atoms with van der Waals surface area (Å²) < 4.78 is 14.1. The van der Waals surface area contributed by atoms with Crippen LogP contribution in [0.2, 0.25) is 0 Å². The van der Waals surface area contributed by atoms with Crippen LogP contribution in [0.3, 0.4) is 0 Å². The SMILES string of the molecule is Cc1ccc(N2C3CCCC2CC(=O)C3)c(F)c1. The molecule has 2 aliphatic rings. The van der Waals surface area contributed by atoms with Gasteiger partial charge in [-0.25, -0.2) is 4.39 Å². The number of hydrogen-bond acceptors (Lipinski definition) is 2. The lowest BCUT2D eigenvalue weighted by atomic mass is 9.83. The van der Waals surface area contributed by atoms with E-state index >= 15 is 0 Å². The van der Waals surface area contributed by atoms with Crippen LogP contribution >= 0.6 is 0 Å². The van der Waals surface area contributed by atoms with Gasteiger partial charge in [0, 0.05) is 24.9 Å². The van der Waals surface area contributed by atoms with Gasteiger partial charge in [-0.1, -0.05) is 6.07 Å². The Morgan fingerprint density at radius 1 is 1.22 bits per heavy atom. The number of halogens is 1. The zero-order valence-corrected chi connectivity index (χ0v) is 10.7. The van der Waals surface area contributed by atoms with Gasteiger partial charge in [0.15, 0.2) is 0 Å². The van der Waals surface area contributed by atoms with Gasteiger partial charge in [0.25, 0.3) is 0 Å². The average Bonchev–Trinajstić information content (AvgIpc) is 2.28. The number of aryl methyl sites for hydroxylation is 1. The molecule has 2 fully saturated rings. The molecule has 2 nitrogen and oxygen atoms in total. The molecule has 2 heterocycles. The highest BCUT2D eigenvalue weighted by Crippen LogP contribution is 2.37. The van der Waals surface area contributed by atoms with Crippen LogP contribution in [-0.2, 0) is 4.79 Å². The molecule has 0 saturated carbocycles. The van der Waals surface area contributed by atoms with Crippen molar-refractivity contribution in [3.8, 4) is 0 Å². The first kappa shape index (κ1) is 11.7. The minimum atomic E-state index is -0.152. The van der Waals surface area contributed by atoms with E-state index in [9.17, 15) is 9.18 Å². The second-order valence-corrected chi connectivity index (χ2v) is 5.55. The molecule has 2 aliphatic heterocycles. The van der Waals surface area contributed by atoms with Gasteiger partial charge in [0.05, 0.1) is 5.69 Å². The molecule has 1 aromatic carbocycles. The maximum atomic E-state index is 14.1. The highest BCUT2D eigenvalue weighted by Gasteiger charge is 2.38. The number of anilines is 1. The lowest BCUT2D eigenvalue weighted by Gasteiger charge is -2.47. The fourth-order valence-electron chi connectivity index (χ4n) is 3.39. The summed E-state index contributed by atoms with van der Waals surface area (Å²) in [5, 5.41) is 0. The number of nitrogens with zero attached hydrogens (tertiary/aromatic N) is 1. The van der Waals surface area contributed by atoms with Crippen molar-refractivity contribution in [1.29, 1.82) is 0 Å². The van der Waals surface area contributed by atoms with Gasteiger partial charge in [-0.05, 0) is 43.9 Å². The van der Waals surface area contributed by atoms with Crippen molar-refractivity contribution in [1.82, 2.24) is 0 Å². The van der Waals surface area contributed by atoms with Gasteiger partial charge < -0.3 is 4.90 Å².